The molecule has 3 rings (SSSR count). The van der Waals surface area contributed by atoms with E-state index in [-0.39, 0.29) is 11.3 Å². The molecule has 0 atom stereocenters. The van der Waals surface area contributed by atoms with Gasteiger partial charge < -0.3 is 0 Å². The Kier molecular flexibility index (Phi) is 6.13. The zero-order chi connectivity index (χ0) is 19.2. The van der Waals surface area contributed by atoms with Crippen molar-refractivity contribution in [1.82, 2.24) is 15.2 Å². The third-order valence-corrected chi connectivity index (χ3v) is 5.11. The normalized spacial score (nSPS) is 11.3. The molecule has 3 aromatic rings. The minimum Gasteiger partial charge on any atom is -0.267 e. The Bertz CT molecular complexity index is 1040. The molecule has 2 aromatic heterocycles. The van der Waals surface area contributed by atoms with Gasteiger partial charge in [0, 0.05) is 21.7 Å². The number of hydrogen-bond donors (Lipinski definition) is 1. The number of fused-ring (bicyclic) bond motifs is 1. The highest BCUT2D eigenvalue weighted by Gasteiger charge is 2.16. The van der Waals surface area contributed by atoms with Crippen LogP contribution in [0, 0.1) is 6.92 Å². The lowest BCUT2D eigenvalue weighted by Crippen LogP contribution is -2.29. The fraction of sp³-hybridized carbons (Fsp3) is 0.300. The molecule has 0 unspecified atom stereocenters. The molecule has 1 aromatic carbocycles. The number of carbonyl (C=O) groups is 1. The molecule has 7 heteroatoms. The van der Waals surface area contributed by atoms with Crippen LogP contribution in [0.4, 0.5) is 0 Å². The van der Waals surface area contributed by atoms with Gasteiger partial charge in [-0.1, -0.05) is 38.0 Å². The first-order valence-corrected chi connectivity index (χ1v) is 9.81. The molecule has 0 saturated heterocycles. The second-order valence-electron chi connectivity index (χ2n) is 6.28. The standard InChI is InChI=1S/C20H22N4O2S/c1-3-4-7-12-24-20(26)17-9-6-5-8-16(17)18(23-24)19(25)22-21-13-15-11-10-14(2)27-15/h5-6,8-11,13H,3-4,7,12H2,1-2H3,(H,22,25)/b21-13-. The van der Waals surface area contributed by atoms with Crippen molar-refractivity contribution < 1.29 is 4.79 Å². The SMILES string of the molecule is CCCCCn1nc(C(=O)N/N=C\c2ccc(C)s2)c2ccccc2c1=O. The van der Waals surface area contributed by atoms with Gasteiger partial charge in [-0.3, -0.25) is 9.59 Å². The summed E-state index contributed by atoms with van der Waals surface area (Å²) in [6, 6.07) is 11.0. The van der Waals surface area contributed by atoms with Gasteiger partial charge in [-0.25, -0.2) is 10.1 Å². The summed E-state index contributed by atoms with van der Waals surface area (Å²) in [4.78, 5) is 27.4. The minimum atomic E-state index is -0.431. The third-order valence-electron chi connectivity index (χ3n) is 4.18. The molecule has 1 N–H and O–H groups in total. The minimum absolute atomic E-state index is 0.171. The maximum absolute atomic E-state index is 12.6. The van der Waals surface area contributed by atoms with Crippen molar-refractivity contribution in [3.05, 3.63) is 62.2 Å². The number of carbonyl (C=O) groups excluding carboxylic acids is 1. The lowest BCUT2D eigenvalue weighted by molar-refractivity contribution is 0.0949. The number of amides is 1. The van der Waals surface area contributed by atoms with Crippen molar-refractivity contribution in [2.45, 2.75) is 39.7 Å². The number of hydrazone groups is 1. The summed E-state index contributed by atoms with van der Waals surface area (Å²) in [6.45, 7) is 4.61. The summed E-state index contributed by atoms with van der Waals surface area (Å²) in [5.74, 6) is -0.431. The van der Waals surface area contributed by atoms with E-state index in [1.165, 1.54) is 9.56 Å². The number of benzene rings is 1. The van der Waals surface area contributed by atoms with Crippen LogP contribution < -0.4 is 11.0 Å². The molecule has 0 bridgehead atoms. The Morgan fingerprint density at radius 1 is 1.22 bits per heavy atom. The van der Waals surface area contributed by atoms with E-state index in [0.717, 1.165) is 24.1 Å². The number of unbranched alkanes of at least 4 members (excludes halogenated alkanes) is 2. The molecule has 0 spiro atoms. The topological polar surface area (TPSA) is 76.3 Å². The molecule has 0 saturated carbocycles. The highest BCUT2D eigenvalue weighted by atomic mass is 32.1. The van der Waals surface area contributed by atoms with E-state index in [1.807, 2.05) is 19.1 Å². The smallest absolute Gasteiger partial charge is 0.267 e. The molecule has 140 valence electrons. The lowest BCUT2D eigenvalue weighted by atomic mass is 10.1. The number of rotatable bonds is 7. The summed E-state index contributed by atoms with van der Waals surface area (Å²) in [5, 5.41) is 9.38. The van der Waals surface area contributed by atoms with Crippen molar-refractivity contribution in [2.75, 3.05) is 0 Å². The first kappa shape index (κ1) is 19.0. The molecular weight excluding hydrogens is 360 g/mol. The molecule has 27 heavy (non-hydrogen) atoms. The van der Waals surface area contributed by atoms with E-state index in [2.05, 4.69) is 22.5 Å². The van der Waals surface area contributed by atoms with Crippen LogP contribution in [0.3, 0.4) is 0 Å². The number of nitrogens with one attached hydrogen (secondary N) is 1. The second kappa shape index (κ2) is 8.73. The molecule has 2 heterocycles. The van der Waals surface area contributed by atoms with Gasteiger partial charge in [0.2, 0.25) is 0 Å². The Hall–Kier alpha value is -2.80. The number of hydrogen-bond acceptors (Lipinski definition) is 5. The van der Waals surface area contributed by atoms with E-state index in [9.17, 15) is 9.59 Å². The first-order chi connectivity index (χ1) is 13.1. The van der Waals surface area contributed by atoms with Crippen molar-refractivity contribution >= 4 is 34.2 Å². The van der Waals surface area contributed by atoms with Crippen LogP contribution in [0.2, 0.25) is 0 Å². The zero-order valence-electron chi connectivity index (χ0n) is 15.4. The first-order valence-electron chi connectivity index (χ1n) is 9.00. The van der Waals surface area contributed by atoms with Gasteiger partial charge in [-0.2, -0.15) is 10.2 Å². The van der Waals surface area contributed by atoms with Crippen molar-refractivity contribution in [3.63, 3.8) is 0 Å². The van der Waals surface area contributed by atoms with Crippen LogP contribution in [0.5, 0.6) is 0 Å². The summed E-state index contributed by atoms with van der Waals surface area (Å²) >= 11 is 1.59. The maximum Gasteiger partial charge on any atom is 0.292 e. The number of aryl methyl sites for hydroxylation is 2. The second-order valence-corrected chi connectivity index (χ2v) is 7.60. The fourth-order valence-corrected chi connectivity index (χ4v) is 3.55. The van der Waals surface area contributed by atoms with Gasteiger partial charge in [-0.15, -0.1) is 11.3 Å². The summed E-state index contributed by atoms with van der Waals surface area (Å²) < 4.78 is 1.39. The largest absolute Gasteiger partial charge is 0.292 e. The Morgan fingerprint density at radius 3 is 2.70 bits per heavy atom. The van der Waals surface area contributed by atoms with Gasteiger partial charge in [0.05, 0.1) is 11.6 Å². The third kappa shape index (κ3) is 4.49. The van der Waals surface area contributed by atoms with Gasteiger partial charge in [0.15, 0.2) is 5.69 Å². The molecule has 0 fully saturated rings. The van der Waals surface area contributed by atoms with Crippen molar-refractivity contribution in [3.8, 4) is 0 Å². The van der Waals surface area contributed by atoms with Gasteiger partial charge in [0.25, 0.3) is 11.5 Å². The van der Waals surface area contributed by atoms with Gasteiger partial charge in [-0.05, 0) is 31.5 Å². The van der Waals surface area contributed by atoms with Gasteiger partial charge in [0.1, 0.15) is 0 Å². The van der Waals surface area contributed by atoms with Crippen LogP contribution in [-0.2, 0) is 6.54 Å². The Balaban J connectivity index is 1.89. The summed E-state index contributed by atoms with van der Waals surface area (Å²) in [7, 11) is 0. The van der Waals surface area contributed by atoms with E-state index in [4.69, 9.17) is 0 Å². The highest BCUT2D eigenvalue weighted by Crippen LogP contribution is 2.14. The molecule has 0 aliphatic rings. The van der Waals surface area contributed by atoms with E-state index < -0.39 is 5.91 Å². The maximum atomic E-state index is 12.6. The predicted octanol–water partition coefficient (Wildman–Crippen LogP) is 3.72. The molecular formula is C20H22N4O2S. The van der Waals surface area contributed by atoms with Crippen molar-refractivity contribution in [2.24, 2.45) is 5.10 Å². The van der Waals surface area contributed by atoms with E-state index in [0.29, 0.717) is 17.3 Å². The van der Waals surface area contributed by atoms with Crippen LogP contribution >= 0.6 is 11.3 Å². The average Bonchev–Trinajstić information content (AvgIpc) is 3.09. The van der Waals surface area contributed by atoms with E-state index >= 15 is 0 Å². The Labute approximate surface area is 161 Å². The molecule has 6 nitrogen and oxygen atoms in total. The van der Waals surface area contributed by atoms with E-state index in [1.54, 1.807) is 41.8 Å². The monoisotopic (exact) mass is 382 g/mol. The van der Waals surface area contributed by atoms with Crippen LogP contribution in [0.15, 0.2) is 46.3 Å². The van der Waals surface area contributed by atoms with Crippen LogP contribution in [-0.4, -0.2) is 21.9 Å². The van der Waals surface area contributed by atoms with Crippen molar-refractivity contribution in [1.29, 1.82) is 0 Å². The molecule has 1 amide bonds. The quantitative estimate of drug-likeness (QED) is 0.384. The highest BCUT2D eigenvalue weighted by molar-refractivity contribution is 7.13. The zero-order valence-corrected chi connectivity index (χ0v) is 16.3. The number of thiophene rings is 1. The number of nitrogens with zero attached hydrogens (tertiary/aromatic N) is 3. The summed E-state index contributed by atoms with van der Waals surface area (Å²) in [6.07, 6.45) is 4.51. The van der Waals surface area contributed by atoms with Crippen LogP contribution in [0.1, 0.15) is 46.4 Å². The lowest BCUT2D eigenvalue weighted by Gasteiger charge is -2.10. The predicted molar refractivity (Wildman–Crippen MR) is 110 cm³/mol. The average molecular weight is 382 g/mol. The van der Waals surface area contributed by atoms with Crippen LogP contribution in [0.25, 0.3) is 10.8 Å². The summed E-state index contributed by atoms with van der Waals surface area (Å²) in [5.41, 5.74) is 2.56. The van der Waals surface area contributed by atoms with Gasteiger partial charge >= 0.3 is 0 Å². The molecule has 0 aliphatic heterocycles. The Morgan fingerprint density at radius 2 is 2.00 bits per heavy atom. The molecule has 0 radical (unpaired) electrons. The molecule has 0 aliphatic carbocycles. The number of aromatic nitrogens is 2. The fourth-order valence-electron chi connectivity index (χ4n) is 2.80.